The van der Waals surface area contributed by atoms with E-state index in [1.807, 2.05) is 6.20 Å². The van der Waals surface area contributed by atoms with Crippen LogP contribution in [-0.2, 0) is 22.6 Å². The van der Waals surface area contributed by atoms with E-state index < -0.39 is 0 Å². The summed E-state index contributed by atoms with van der Waals surface area (Å²) in [7, 11) is 0. The zero-order valence-electron chi connectivity index (χ0n) is 10.1. The van der Waals surface area contributed by atoms with Gasteiger partial charge < -0.3 is 15.2 Å². The van der Waals surface area contributed by atoms with Crippen molar-refractivity contribution in [3.8, 4) is 0 Å². The molecule has 0 aromatic carbocycles. The summed E-state index contributed by atoms with van der Waals surface area (Å²) in [4.78, 5) is 27.3. The van der Waals surface area contributed by atoms with Gasteiger partial charge in [-0.1, -0.05) is 0 Å². The first-order chi connectivity index (χ1) is 8.72. The molecule has 2 atom stereocenters. The summed E-state index contributed by atoms with van der Waals surface area (Å²) in [6.45, 7) is 0.766. The van der Waals surface area contributed by atoms with E-state index in [1.54, 1.807) is 6.20 Å². The molecule has 96 valence electrons. The molecular formula is C12H16N4O2. The number of aryl methyl sites for hydroxylation is 1. The summed E-state index contributed by atoms with van der Waals surface area (Å²) in [5, 5.41) is 5.70. The van der Waals surface area contributed by atoms with E-state index in [-0.39, 0.29) is 23.9 Å². The smallest absolute Gasteiger partial charge is 0.242 e. The maximum absolute atomic E-state index is 12.0. The second-order valence-corrected chi connectivity index (χ2v) is 4.90. The number of nitrogens with zero attached hydrogens (tertiary/aromatic N) is 2. The number of fused-ring (bicyclic) bond motifs is 1. The van der Waals surface area contributed by atoms with Crippen LogP contribution in [-0.4, -0.2) is 33.4 Å². The third-order valence-electron chi connectivity index (χ3n) is 3.59. The molecule has 3 rings (SSSR count). The van der Waals surface area contributed by atoms with Gasteiger partial charge in [-0.2, -0.15) is 0 Å². The van der Waals surface area contributed by atoms with Crippen LogP contribution in [0.15, 0.2) is 12.4 Å². The Morgan fingerprint density at radius 2 is 2.33 bits per heavy atom. The summed E-state index contributed by atoms with van der Waals surface area (Å²) in [6.07, 6.45) is 6.57. The van der Waals surface area contributed by atoms with E-state index in [2.05, 4.69) is 20.2 Å². The lowest BCUT2D eigenvalue weighted by molar-refractivity contribution is -0.126. The van der Waals surface area contributed by atoms with Crippen LogP contribution in [0.1, 0.15) is 25.1 Å². The standard InChI is InChI=1S/C12H16N4O2/c17-11-4-2-9(15-11)12(18)14-8-1-3-10-13-5-6-16(10)7-8/h5-6,8-9H,1-4,7H2,(H,14,18)(H,15,17). The maximum atomic E-state index is 12.0. The number of carbonyl (C=O) groups is 2. The fourth-order valence-electron chi connectivity index (χ4n) is 2.60. The van der Waals surface area contributed by atoms with Gasteiger partial charge in [0.1, 0.15) is 11.9 Å². The Labute approximate surface area is 105 Å². The molecule has 1 aromatic heterocycles. The van der Waals surface area contributed by atoms with Gasteiger partial charge in [-0.25, -0.2) is 4.98 Å². The predicted molar refractivity (Wildman–Crippen MR) is 63.6 cm³/mol. The van der Waals surface area contributed by atoms with Crippen LogP contribution in [0, 0.1) is 0 Å². The number of hydrogen-bond donors (Lipinski definition) is 2. The summed E-state index contributed by atoms with van der Waals surface area (Å²) < 4.78 is 2.07. The Morgan fingerprint density at radius 3 is 3.11 bits per heavy atom. The topological polar surface area (TPSA) is 76.0 Å². The lowest BCUT2D eigenvalue weighted by Crippen LogP contribution is -2.48. The highest BCUT2D eigenvalue weighted by Crippen LogP contribution is 2.14. The average Bonchev–Trinajstić information content (AvgIpc) is 2.96. The quantitative estimate of drug-likeness (QED) is 0.747. The molecule has 2 N–H and O–H groups in total. The normalized spacial score (nSPS) is 26.6. The van der Waals surface area contributed by atoms with Gasteiger partial charge in [-0.05, 0) is 12.8 Å². The molecule has 2 unspecified atom stereocenters. The molecule has 2 amide bonds. The molecule has 0 bridgehead atoms. The lowest BCUT2D eigenvalue weighted by atomic mass is 10.1. The van der Waals surface area contributed by atoms with Crippen molar-refractivity contribution in [2.75, 3.05) is 0 Å². The van der Waals surface area contributed by atoms with Crippen LogP contribution in [0.2, 0.25) is 0 Å². The Bertz CT molecular complexity index is 482. The van der Waals surface area contributed by atoms with Gasteiger partial charge in [-0.3, -0.25) is 9.59 Å². The van der Waals surface area contributed by atoms with Gasteiger partial charge in [0, 0.05) is 37.8 Å². The predicted octanol–water partition coefficient (Wildman–Crippen LogP) is -0.407. The monoisotopic (exact) mass is 248 g/mol. The van der Waals surface area contributed by atoms with E-state index in [0.29, 0.717) is 12.8 Å². The molecule has 1 aromatic rings. The number of rotatable bonds is 2. The Morgan fingerprint density at radius 1 is 1.44 bits per heavy atom. The van der Waals surface area contributed by atoms with E-state index in [0.717, 1.165) is 25.2 Å². The van der Waals surface area contributed by atoms with Gasteiger partial charge in [0.15, 0.2) is 0 Å². The van der Waals surface area contributed by atoms with Crippen molar-refractivity contribution in [1.29, 1.82) is 0 Å². The van der Waals surface area contributed by atoms with Crippen LogP contribution >= 0.6 is 0 Å². The van der Waals surface area contributed by atoms with E-state index in [1.165, 1.54) is 0 Å². The summed E-state index contributed by atoms with van der Waals surface area (Å²) in [5.74, 6) is 0.986. The van der Waals surface area contributed by atoms with Crippen LogP contribution < -0.4 is 10.6 Å². The Hall–Kier alpha value is -1.85. The summed E-state index contributed by atoms with van der Waals surface area (Å²) in [6, 6.07) is -0.210. The van der Waals surface area contributed by atoms with Crippen molar-refractivity contribution < 1.29 is 9.59 Å². The minimum atomic E-state index is -0.346. The number of imidazole rings is 1. The van der Waals surface area contributed by atoms with Gasteiger partial charge in [-0.15, -0.1) is 0 Å². The molecule has 2 aliphatic rings. The highest BCUT2D eigenvalue weighted by atomic mass is 16.2. The SMILES string of the molecule is O=C1CCC(C(=O)NC2CCc3nccn3C2)N1. The highest BCUT2D eigenvalue weighted by Gasteiger charge is 2.29. The molecule has 2 aliphatic heterocycles. The fourth-order valence-corrected chi connectivity index (χ4v) is 2.60. The zero-order chi connectivity index (χ0) is 12.5. The van der Waals surface area contributed by atoms with Crippen LogP contribution in [0.25, 0.3) is 0 Å². The molecule has 6 heteroatoms. The van der Waals surface area contributed by atoms with Crippen molar-refractivity contribution in [1.82, 2.24) is 20.2 Å². The molecule has 6 nitrogen and oxygen atoms in total. The summed E-state index contributed by atoms with van der Waals surface area (Å²) >= 11 is 0. The molecular weight excluding hydrogens is 232 g/mol. The fraction of sp³-hybridized carbons (Fsp3) is 0.583. The first-order valence-corrected chi connectivity index (χ1v) is 6.32. The highest BCUT2D eigenvalue weighted by molar-refractivity contribution is 5.90. The van der Waals surface area contributed by atoms with Crippen molar-refractivity contribution in [3.63, 3.8) is 0 Å². The van der Waals surface area contributed by atoms with Crippen LogP contribution in [0.4, 0.5) is 0 Å². The van der Waals surface area contributed by atoms with Crippen LogP contribution in [0.3, 0.4) is 0 Å². The Balaban J connectivity index is 1.58. The van der Waals surface area contributed by atoms with E-state index in [9.17, 15) is 9.59 Å². The van der Waals surface area contributed by atoms with Crippen LogP contribution in [0.5, 0.6) is 0 Å². The van der Waals surface area contributed by atoms with Crippen molar-refractivity contribution in [3.05, 3.63) is 18.2 Å². The minimum Gasteiger partial charge on any atom is -0.350 e. The summed E-state index contributed by atoms with van der Waals surface area (Å²) in [5.41, 5.74) is 0. The first kappa shape index (κ1) is 11.3. The second-order valence-electron chi connectivity index (χ2n) is 4.90. The third-order valence-corrected chi connectivity index (χ3v) is 3.59. The molecule has 3 heterocycles. The molecule has 0 saturated carbocycles. The van der Waals surface area contributed by atoms with Crippen molar-refractivity contribution >= 4 is 11.8 Å². The molecule has 0 spiro atoms. The molecule has 1 saturated heterocycles. The molecule has 1 fully saturated rings. The zero-order valence-corrected chi connectivity index (χ0v) is 10.1. The van der Waals surface area contributed by atoms with Gasteiger partial charge in [0.25, 0.3) is 0 Å². The third kappa shape index (κ3) is 2.10. The number of aromatic nitrogens is 2. The molecule has 18 heavy (non-hydrogen) atoms. The van der Waals surface area contributed by atoms with Gasteiger partial charge in [0.2, 0.25) is 11.8 Å². The van der Waals surface area contributed by atoms with E-state index in [4.69, 9.17) is 0 Å². The van der Waals surface area contributed by atoms with Crippen molar-refractivity contribution in [2.45, 2.75) is 44.3 Å². The minimum absolute atomic E-state index is 0.0318. The number of nitrogens with one attached hydrogen (secondary N) is 2. The number of hydrogen-bond acceptors (Lipinski definition) is 3. The van der Waals surface area contributed by atoms with Gasteiger partial charge in [0.05, 0.1) is 0 Å². The van der Waals surface area contributed by atoms with E-state index >= 15 is 0 Å². The van der Waals surface area contributed by atoms with Gasteiger partial charge >= 0.3 is 0 Å². The largest absolute Gasteiger partial charge is 0.350 e. The number of carbonyl (C=O) groups excluding carboxylic acids is 2. The number of amides is 2. The maximum Gasteiger partial charge on any atom is 0.242 e. The van der Waals surface area contributed by atoms with Crippen molar-refractivity contribution in [2.24, 2.45) is 0 Å². The Kier molecular flexibility index (Phi) is 2.77. The average molecular weight is 248 g/mol. The lowest BCUT2D eigenvalue weighted by Gasteiger charge is -2.25. The first-order valence-electron chi connectivity index (χ1n) is 6.32. The molecule has 0 aliphatic carbocycles. The second kappa shape index (κ2) is 4.44. The molecule has 0 radical (unpaired) electrons.